The second-order valence-corrected chi connectivity index (χ2v) is 3.35. The zero-order chi connectivity index (χ0) is 12.3. The van der Waals surface area contributed by atoms with Crippen molar-refractivity contribution in [1.82, 2.24) is 20.0 Å². The van der Waals surface area contributed by atoms with Crippen LogP contribution in [0.1, 0.15) is 16.1 Å². The molecule has 7 nitrogen and oxygen atoms in total. The van der Waals surface area contributed by atoms with Gasteiger partial charge < -0.3 is 9.84 Å². The van der Waals surface area contributed by atoms with Gasteiger partial charge in [-0.3, -0.25) is 9.67 Å². The van der Waals surface area contributed by atoms with Crippen molar-refractivity contribution >= 4 is 5.97 Å². The standard InChI is InChI=1S/C10H10N4O3/c1-14-5-7(12-13-14)6-17-9-4-11-3-2-8(9)10(15)16/h2-5H,6H2,1H3,(H,15,16). The topological polar surface area (TPSA) is 90.1 Å². The van der Waals surface area contributed by atoms with Crippen LogP contribution in [0.2, 0.25) is 0 Å². The largest absolute Gasteiger partial charge is 0.485 e. The van der Waals surface area contributed by atoms with Gasteiger partial charge in [0.1, 0.15) is 17.9 Å². The summed E-state index contributed by atoms with van der Waals surface area (Å²) < 4.78 is 6.88. The van der Waals surface area contributed by atoms with Crippen LogP contribution < -0.4 is 4.74 Å². The zero-order valence-electron chi connectivity index (χ0n) is 9.07. The molecule has 0 spiro atoms. The smallest absolute Gasteiger partial charge is 0.339 e. The van der Waals surface area contributed by atoms with E-state index in [0.29, 0.717) is 5.69 Å². The maximum atomic E-state index is 10.9. The lowest BCUT2D eigenvalue weighted by molar-refractivity contribution is 0.0691. The molecule has 0 fully saturated rings. The number of hydrogen-bond acceptors (Lipinski definition) is 5. The molecule has 0 saturated heterocycles. The van der Waals surface area contributed by atoms with Gasteiger partial charge in [0.25, 0.3) is 0 Å². The molecule has 0 amide bonds. The Morgan fingerprint density at radius 1 is 1.59 bits per heavy atom. The van der Waals surface area contributed by atoms with E-state index in [1.54, 1.807) is 17.9 Å². The van der Waals surface area contributed by atoms with Gasteiger partial charge in [-0.25, -0.2) is 4.79 Å². The van der Waals surface area contributed by atoms with Gasteiger partial charge in [-0.2, -0.15) is 0 Å². The molecule has 1 N–H and O–H groups in total. The Bertz CT molecular complexity index is 538. The molecular formula is C10H10N4O3. The van der Waals surface area contributed by atoms with Crippen molar-refractivity contribution in [2.75, 3.05) is 0 Å². The predicted octanol–water partition coefficient (Wildman–Crippen LogP) is 0.487. The van der Waals surface area contributed by atoms with E-state index in [9.17, 15) is 4.79 Å². The highest BCUT2D eigenvalue weighted by Gasteiger charge is 2.11. The molecular weight excluding hydrogens is 224 g/mol. The second kappa shape index (κ2) is 4.60. The number of aromatic carboxylic acids is 1. The van der Waals surface area contributed by atoms with Crippen molar-refractivity contribution in [3.63, 3.8) is 0 Å². The van der Waals surface area contributed by atoms with Crippen LogP contribution in [0.4, 0.5) is 0 Å². The van der Waals surface area contributed by atoms with Crippen molar-refractivity contribution in [1.29, 1.82) is 0 Å². The lowest BCUT2D eigenvalue weighted by Gasteiger charge is -2.05. The second-order valence-electron chi connectivity index (χ2n) is 3.35. The van der Waals surface area contributed by atoms with Crippen molar-refractivity contribution in [3.05, 3.63) is 35.9 Å². The van der Waals surface area contributed by atoms with Crippen molar-refractivity contribution in [2.24, 2.45) is 7.05 Å². The number of carboxylic acids is 1. The van der Waals surface area contributed by atoms with Crippen molar-refractivity contribution in [3.8, 4) is 5.75 Å². The van der Waals surface area contributed by atoms with Gasteiger partial charge in [-0.15, -0.1) is 5.10 Å². The van der Waals surface area contributed by atoms with Gasteiger partial charge in [-0.05, 0) is 6.07 Å². The average molecular weight is 234 g/mol. The van der Waals surface area contributed by atoms with E-state index in [2.05, 4.69) is 15.3 Å². The summed E-state index contributed by atoms with van der Waals surface area (Å²) in [6.45, 7) is 0.153. The molecule has 7 heteroatoms. The van der Waals surface area contributed by atoms with Crippen LogP contribution in [0.25, 0.3) is 0 Å². The molecule has 0 aliphatic rings. The third-order valence-electron chi connectivity index (χ3n) is 2.04. The fourth-order valence-corrected chi connectivity index (χ4v) is 1.28. The Morgan fingerprint density at radius 3 is 3.06 bits per heavy atom. The number of aryl methyl sites for hydroxylation is 1. The predicted molar refractivity (Wildman–Crippen MR) is 56.5 cm³/mol. The van der Waals surface area contributed by atoms with E-state index >= 15 is 0 Å². The monoisotopic (exact) mass is 234 g/mol. The highest BCUT2D eigenvalue weighted by Crippen LogP contribution is 2.17. The maximum Gasteiger partial charge on any atom is 0.339 e. The molecule has 2 heterocycles. The molecule has 2 aromatic heterocycles. The third-order valence-corrected chi connectivity index (χ3v) is 2.04. The molecule has 0 aromatic carbocycles. The minimum atomic E-state index is -1.05. The summed E-state index contributed by atoms with van der Waals surface area (Å²) in [6.07, 6.45) is 4.45. The average Bonchev–Trinajstić information content (AvgIpc) is 2.73. The van der Waals surface area contributed by atoms with E-state index in [1.165, 1.54) is 18.5 Å². The minimum Gasteiger partial charge on any atom is -0.485 e. The Labute approximate surface area is 96.7 Å². The van der Waals surface area contributed by atoms with E-state index in [-0.39, 0.29) is 17.9 Å². The molecule has 2 rings (SSSR count). The Morgan fingerprint density at radius 2 is 2.41 bits per heavy atom. The number of pyridine rings is 1. The molecule has 0 aliphatic heterocycles. The number of hydrogen-bond donors (Lipinski definition) is 1. The highest BCUT2D eigenvalue weighted by atomic mass is 16.5. The van der Waals surface area contributed by atoms with Crippen LogP contribution in [0.5, 0.6) is 5.75 Å². The fraction of sp³-hybridized carbons (Fsp3) is 0.200. The number of ether oxygens (including phenoxy) is 1. The molecule has 0 atom stereocenters. The van der Waals surface area contributed by atoms with E-state index in [1.807, 2.05) is 0 Å². The van der Waals surface area contributed by atoms with E-state index in [4.69, 9.17) is 9.84 Å². The summed E-state index contributed by atoms with van der Waals surface area (Å²) in [5, 5.41) is 16.5. The number of carbonyl (C=O) groups is 1. The molecule has 0 bridgehead atoms. The van der Waals surface area contributed by atoms with Gasteiger partial charge in [0, 0.05) is 13.2 Å². The van der Waals surface area contributed by atoms with Crippen LogP contribution in [-0.4, -0.2) is 31.1 Å². The number of rotatable bonds is 4. The number of aromatic nitrogens is 4. The normalized spacial score (nSPS) is 10.2. The number of carboxylic acid groups (broad SMARTS) is 1. The van der Waals surface area contributed by atoms with E-state index < -0.39 is 5.97 Å². The first-order valence-electron chi connectivity index (χ1n) is 4.82. The Balaban J connectivity index is 2.11. The summed E-state index contributed by atoms with van der Waals surface area (Å²) in [5.74, 6) is -0.841. The molecule has 2 aromatic rings. The summed E-state index contributed by atoms with van der Waals surface area (Å²) in [7, 11) is 1.74. The van der Waals surface area contributed by atoms with Gasteiger partial charge in [0.05, 0.1) is 12.4 Å². The van der Waals surface area contributed by atoms with Gasteiger partial charge in [-0.1, -0.05) is 5.21 Å². The molecule has 0 aliphatic carbocycles. The fourth-order valence-electron chi connectivity index (χ4n) is 1.28. The Kier molecular flexibility index (Phi) is 2.99. The van der Waals surface area contributed by atoms with Crippen LogP contribution in [0.3, 0.4) is 0 Å². The maximum absolute atomic E-state index is 10.9. The minimum absolute atomic E-state index is 0.0730. The molecule has 17 heavy (non-hydrogen) atoms. The third kappa shape index (κ3) is 2.57. The van der Waals surface area contributed by atoms with Gasteiger partial charge in [0.2, 0.25) is 0 Å². The molecule has 0 unspecified atom stereocenters. The van der Waals surface area contributed by atoms with Crippen LogP contribution in [0, 0.1) is 0 Å². The first kappa shape index (κ1) is 11.1. The summed E-state index contributed by atoms with van der Waals surface area (Å²) >= 11 is 0. The summed E-state index contributed by atoms with van der Waals surface area (Å²) in [5.41, 5.74) is 0.691. The SMILES string of the molecule is Cn1cc(COc2cnccc2C(=O)O)nn1. The Hall–Kier alpha value is -2.44. The van der Waals surface area contributed by atoms with Crippen LogP contribution in [-0.2, 0) is 13.7 Å². The van der Waals surface area contributed by atoms with Crippen LogP contribution in [0.15, 0.2) is 24.7 Å². The molecule has 88 valence electrons. The van der Waals surface area contributed by atoms with E-state index in [0.717, 1.165) is 0 Å². The lowest BCUT2D eigenvalue weighted by atomic mass is 10.2. The van der Waals surface area contributed by atoms with Crippen LogP contribution >= 0.6 is 0 Å². The summed E-state index contributed by atoms with van der Waals surface area (Å²) in [6, 6.07) is 1.38. The zero-order valence-corrected chi connectivity index (χ0v) is 9.07. The quantitative estimate of drug-likeness (QED) is 0.827. The lowest BCUT2D eigenvalue weighted by Crippen LogP contribution is -2.04. The highest BCUT2D eigenvalue weighted by molar-refractivity contribution is 5.90. The van der Waals surface area contributed by atoms with Crippen molar-refractivity contribution < 1.29 is 14.6 Å². The molecule has 0 saturated carbocycles. The first-order chi connectivity index (χ1) is 8.16. The summed E-state index contributed by atoms with van der Waals surface area (Å²) in [4.78, 5) is 14.7. The van der Waals surface area contributed by atoms with Crippen molar-refractivity contribution in [2.45, 2.75) is 6.61 Å². The van der Waals surface area contributed by atoms with Gasteiger partial charge >= 0.3 is 5.97 Å². The molecule has 0 radical (unpaired) electrons. The first-order valence-corrected chi connectivity index (χ1v) is 4.82. The number of nitrogens with zero attached hydrogens (tertiary/aromatic N) is 4. The van der Waals surface area contributed by atoms with Gasteiger partial charge in [0.15, 0.2) is 5.75 Å².